The van der Waals surface area contributed by atoms with E-state index >= 15 is 0 Å². The number of hydrogen-bond donors (Lipinski definition) is 1. The zero-order valence-electron chi connectivity index (χ0n) is 24.3. The van der Waals surface area contributed by atoms with Crippen molar-refractivity contribution in [3.63, 3.8) is 0 Å². The Kier molecular flexibility index (Phi) is 10.3. The molecular weight excluding hydrogens is 540 g/mol. The van der Waals surface area contributed by atoms with Gasteiger partial charge in [-0.2, -0.15) is 0 Å². The summed E-state index contributed by atoms with van der Waals surface area (Å²) in [5, 5.41) is 11.6. The summed E-state index contributed by atoms with van der Waals surface area (Å²) in [6.45, 7) is 1.89. The highest BCUT2D eigenvalue weighted by Gasteiger charge is 2.48. The van der Waals surface area contributed by atoms with Crippen LogP contribution in [-0.2, 0) is 43.5 Å². The summed E-state index contributed by atoms with van der Waals surface area (Å²) in [6, 6.07) is 40.5. The van der Waals surface area contributed by atoms with Crippen LogP contribution < -0.4 is 0 Å². The van der Waals surface area contributed by atoms with E-state index in [1.54, 1.807) is 0 Å². The number of aliphatic hydroxyl groups excluding tert-OH is 1. The van der Waals surface area contributed by atoms with E-state index in [2.05, 4.69) is 24.3 Å². The molecule has 2 fully saturated rings. The largest absolute Gasteiger partial charge is 0.385 e. The van der Waals surface area contributed by atoms with Crippen molar-refractivity contribution < 1.29 is 28.8 Å². The molecule has 6 rings (SSSR count). The molecule has 4 aromatic carbocycles. The van der Waals surface area contributed by atoms with Gasteiger partial charge in [0.05, 0.1) is 33.0 Å². The highest BCUT2D eigenvalue weighted by molar-refractivity contribution is 5.25. The van der Waals surface area contributed by atoms with Crippen LogP contribution in [0.3, 0.4) is 0 Å². The molecule has 0 amide bonds. The van der Waals surface area contributed by atoms with Gasteiger partial charge in [0.2, 0.25) is 0 Å². The second kappa shape index (κ2) is 14.9. The quantitative estimate of drug-likeness (QED) is 0.189. The Hall–Kier alpha value is -3.36. The van der Waals surface area contributed by atoms with E-state index in [0.29, 0.717) is 38.3 Å². The third-order valence-electron chi connectivity index (χ3n) is 8.20. The molecule has 6 nitrogen and oxygen atoms in total. The highest BCUT2D eigenvalue weighted by Crippen LogP contribution is 2.47. The van der Waals surface area contributed by atoms with E-state index in [4.69, 9.17) is 23.7 Å². The minimum absolute atomic E-state index is 0.266. The monoisotopic (exact) mass is 580 g/mol. The maximum atomic E-state index is 11.6. The number of benzene rings is 4. The summed E-state index contributed by atoms with van der Waals surface area (Å²) < 4.78 is 31.8. The van der Waals surface area contributed by atoms with Crippen molar-refractivity contribution in [1.82, 2.24) is 0 Å². The van der Waals surface area contributed by atoms with Crippen LogP contribution in [0.4, 0.5) is 0 Å². The minimum Gasteiger partial charge on any atom is -0.385 e. The van der Waals surface area contributed by atoms with Gasteiger partial charge in [0.1, 0.15) is 24.4 Å². The summed E-state index contributed by atoms with van der Waals surface area (Å²) in [7, 11) is 0. The molecule has 0 unspecified atom stereocenters. The molecule has 1 aliphatic carbocycles. The first-order chi connectivity index (χ1) is 21.2. The van der Waals surface area contributed by atoms with Crippen LogP contribution in [0.2, 0.25) is 0 Å². The van der Waals surface area contributed by atoms with E-state index in [0.717, 1.165) is 23.1 Å². The van der Waals surface area contributed by atoms with Gasteiger partial charge >= 0.3 is 0 Å². The number of aliphatic hydroxyl groups is 1. The van der Waals surface area contributed by atoms with Crippen LogP contribution in [0, 0.1) is 5.92 Å². The van der Waals surface area contributed by atoms with Crippen LogP contribution in [0.25, 0.3) is 0 Å². The molecule has 224 valence electrons. The summed E-state index contributed by atoms with van der Waals surface area (Å²) in [4.78, 5) is 0. The van der Waals surface area contributed by atoms with Crippen molar-refractivity contribution in [3.05, 3.63) is 144 Å². The number of rotatable bonds is 14. The molecule has 4 aromatic rings. The van der Waals surface area contributed by atoms with E-state index in [1.165, 1.54) is 5.56 Å². The van der Waals surface area contributed by atoms with Gasteiger partial charge in [-0.3, -0.25) is 0 Å². The van der Waals surface area contributed by atoms with Crippen LogP contribution in [0.5, 0.6) is 0 Å². The Morgan fingerprint density at radius 3 is 1.67 bits per heavy atom. The molecular formula is C37H40O6. The molecule has 0 spiro atoms. The van der Waals surface area contributed by atoms with Crippen LogP contribution in [0.15, 0.2) is 121 Å². The SMILES string of the molecule is O[C@H]1[C@@H](OC[C@@H]2C[C@H]2c2ccccc2)O[C@H](COCc2ccccc2)[C@@H](OCc2ccccc2)[C@@H]1OCc1ccccc1. The van der Waals surface area contributed by atoms with Crippen molar-refractivity contribution in [3.8, 4) is 0 Å². The molecule has 7 atom stereocenters. The molecule has 0 bridgehead atoms. The fraction of sp³-hybridized carbons (Fsp3) is 0.351. The third-order valence-corrected chi connectivity index (χ3v) is 8.20. The number of hydrogen-bond acceptors (Lipinski definition) is 6. The Morgan fingerprint density at radius 2 is 1.09 bits per heavy atom. The van der Waals surface area contributed by atoms with Crippen molar-refractivity contribution in [2.45, 2.75) is 62.9 Å². The topological polar surface area (TPSA) is 66.4 Å². The van der Waals surface area contributed by atoms with E-state index in [-0.39, 0.29) is 6.61 Å². The standard InChI is InChI=1S/C37H40O6/c38-34-36(41-24-29-17-9-3-10-18-29)35(40-23-28-15-7-2-8-16-28)33(26-39-22-27-13-5-1-6-14-27)43-37(34)42-25-31-21-32(31)30-19-11-4-12-20-30/h1-20,31-38H,21-26H2/t31-,32-,33+,34+,35+,36+,37-/m0/s1. The van der Waals surface area contributed by atoms with Gasteiger partial charge < -0.3 is 28.8 Å². The smallest absolute Gasteiger partial charge is 0.186 e. The van der Waals surface area contributed by atoms with Crippen molar-refractivity contribution in [1.29, 1.82) is 0 Å². The Morgan fingerprint density at radius 1 is 0.581 bits per heavy atom. The predicted molar refractivity (Wildman–Crippen MR) is 164 cm³/mol. The molecule has 2 aliphatic rings. The van der Waals surface area contributed by atoms with Gasteiger partial charge in [-0.15, -0.1) is 0 Å². The van der Waals surface area contributed by atoms with Crippen molar-refractivity contribution >= 4 is 0 Å². The minimum atomic E-state index is -1.04. The van der Waals surface area contributed by atoms with Crippen molar-refractivity contribution in [2.24, 2.45) is 5.92 Å². The zero-order valence-corrected chi connectivity index (χ0v) is 24.3. The van der Waals surface area contributed by atoms with Crippen molar-refractivity contribution in [2.75, 3.05) is 13.2 Å². The third kappa shape index (κ3) is 8.18. The van der Waals surface area contributed by atoms with Gasteiger partial charge in [-0.1, -0.05) is 121 Å². The summed E-state index contributed by atoms with van der Waals surface area (Å²) in [6.07, 6.45) is -2.61. The normalized spacial score (nSPS) is 26.7. The molecule has 1 N–H and O–H groups in total. The molecule has 0 radical (unpaired) electrons. The predicted octanol–water partition coefficient (Wildman–Crippen LogP) is 6.28. The van der Waals surface area contributed by atoms with Gasteiger partial charge in [0, 0.05) is 0 Å². The van der Waals surface area contributed by atoms with Gasteiger partial charge in [0.25, 0.3) is 0 Å². The highest BCUT2D eigenvalue weighted by atomic mass is 16.7. The molecule has 1 aliphatic heterocycles. The Balaban J connectivity index is 1.17. The maximum Gasteiger partial charge on any atom is 0.186 e. The zero-order chi connectivity index (χ0) is 29.3. The maximum absolute atomic E-state index is 11.6. The Labute approximate surface area is 254 Å². The van der Waals surface area contributed by atoms with Crippen LogP contribution >= 0.6 is 0 Å². The van der Waals surface area contributed by atoms with E-state index in [9.17, 15) is 5.11 Å². The van der Waals surface area contributed by atoms with E-state index < -0.39 is 30.7 Å². The summed E-state index contributed by atoms with van der Waals surface area (Å²) >= 11 is 0. The van der Waals surface area contributed by atoms with Gasteiger partial charge in [-0.25, -0.2) is 0 Å². The second-order valence-corrected chi connectivity index (χ2v) is 11.4. The van der Waals surface area contributed by atoms with Crippen LogP contribution in [0.1, 0.15) is 34.6 Å². The first kappa shape index (κ1) is 29.7. The Bertz CT molecular complexity index is 1350. The number of ether oxygens (including phenoxy) is 5. The molecule has 1 saturated carbocycles. The lowest BCUT2D eigenvalue weighted by atomic mass is 9.98. The molecule has 43 heavy (non-hydrogen) atoms. The lowest BCUT2D eigenvalue weighted by Crippen LogP contribution is -2.61. The fourth-order valence-corrected chi connectivity index (χ4v) is 5.72. The van der Waals surface area contributed by atoms with Gasteiger partial charge in [0.15, 0.2) is 6.29 Å². The lowest BCUT2D eigenvalue weighted by molar-refractivity contribution is -0.319. The lowest BCUT2D eigenvalue weighted by Gasteiger charge is -2.44. The molecule has 0 aromatic heterocycles. The van der Waals surface area contributed by atoms with E-state index in [1.807, 2.05) is 97.1 Å². The average molecular weight is 581 g/mol. The summed E-state index contributed by atoms with van der Waals surface area (Å²) in [5.41, 5.74) is 4.44. The fourth-order valence-electron chi connectivity index (χ4n) is 5.72. The molecule has 6 heteroatoms. The summed E-state index contributed by atoms with van der Waals surface area (Å²) in [5.74, 6) is 0.862. The van der Waals surface area contributed by atoms with Gasteiger partial charge in [-0.05, 0) is 40.5 Å². The first-order valence-electron chi connectivity index (χ1n) is 15.2. The first-order valence-corrected chi connectivity index (χ1v) is 15.2. The van der Waals surface area contributed by atoms with Crippen LogP contribution in [-0.4, -0.2) is 49.0 Å². The molecule has 1 saturated heterocycles. The average Bonchev–Trinajstić information content (AvgIpc) is 3.85. The second-order valence-electron chi connectivity index (χ2n) is 11.4. The molecule has 1 heterocycles.